The van der Waals surface area contributed by atoms with E-state index < -0.39 is 0 Å². The largest absolute Gasteiger partial charge is 0.465 e. The van der Waals surface area contributed by atoms with Crippen molar-refractivity contribution in [3.63, 3.8) is 0 Å². The first-order chi connectivity index (χ1) is 9.01. The first kappa shape index (κ1) is 14.6. The van der Waals surface area contributed by atoms with Crippen molar-refractivity contribution in [1.29, 1.82) is 0 Å². The predicted octanol–water partition coefficient (Wildman–Crippen LogP) is 4.23. The Morgan fingerprint density at radius 2 is 2.11 bits per heavy atom. The molecule has 2 rings (SSSR count). The van der Waals surface area contributed by atoms with Crippen molar-refractivity contribution in [2.45, 2.75) is 12.7 Å². The highest BCUT2D eigenvalue weighted by Gasteiger charge is 2.12. The van der Waals surface area contributed by atoms with E-state index in [1.807, 2.05) is 18.2 Å². The molecular weight excluding hydrogens is 348 g/mol. The Balaban J connectivity index is 2.38. The molecule has 0 unspecified atom stereocenters. The summed E-state index contributed by atoms with van der Waals surface area (Å²) < 4.78 is 6.68. The number of carbonyl (C=O) groups is 2. The van der Waals surface area contributed by atoms with Gasteiger partial charge in [0.15, 0.2) is 5.12 Å². The van der Waals surface area contributed by atoms with Crippen molar-refractivity contribution in [2.75, 3.05) is 7.11 Å². The van der Waals surface area contributed by atoms with Crippen LogP contribution in [0.25, 0.3) is 10.1 Å². The van der Waals surface area contributed by atoms with Crippen LogP contribution in [0.4, 0.5) is 0 Å². The van der Waals surface area contributed by atoms with E-state index in [4.69, 9.17) is 4.74 Å². The molecule has 0 atom stereocenters. The summed E-state index contributed by atoms with van der Waals surface area (Å²) in [5.41, 5.74) is 1.04. The normalized spacial score (nSPS) is 10.7. The molecule has 0 N–H and O–H groups in total. The molecule has 0 fully saturated rings. The standard InChI is InChI=1S/C13H11BrO3S2/c1-7(15)18-6-9-3-8-4-12(13(16)17-2)19-11(8)5-10(9)14/h3-5H,6H2,1-2H3. The fourth-order valence-electron chi connectivity index (χ4n) is 1.60. The molecule has 0 spiro atoms. The quantitative estimate of drug-likeness (QED) is 0.770. The second-order valence-corrected chi connectivity index (χ2v) is 6.95. The number of halogens is 1. The lowest BCUT2D eigenvalue weighted by atomic mass is 10.2. The van der Waals surface area contributed by atoms with E-state index in [0.29, 0.717) is 10.6 Å². The van der Waals surface area contributed by atoms with Gasteiger partial charge in [-0.3, -0.25) is 4.79 Å². The van der Waals surface area contributed by atoms with E-state index in [1.165, 1.54) is 30.2 Å². The Morgan fingerprint density at radius 1 is 1.37 bits per heavy atom. The summed E-state index contributed by atoms with van der Waals surface area (Å²) in [6, 6.07) is 5.79. The van der Waals surface area contributed by atoms with Crippen LogP contribution in [-0.2, 0) is 15.3 Å². The molecule has 100 valence electrons. The molecule has 1 heterocycles. The number of hydrogen-bond donors (Lipinski definition) is 0. The maximum Gasteiger partial charge on any atom is 0.348 e. The van der Waals surface area contributed by atoms with Crippen molar-refractivity contribution in [3.8, 4) is 0 Å². The molecule has 0 aliphatic heterocycles. The first-order valence-electron chi connectivity index (χ1n) is 5.45. The Hall–Kier alpha value is -0.850. The number of thioether (sulfide) groups is 1. The van der Waals surface area contributed by atoms with Gasteiger partial charge < -0.3 is 4.74 Å². The molecule has 0 aliphatic carbocycles. The minimum absolute atomic E-state index is 0.0903. The smallest absolute Gasteiger partial charge is 0.348 e. The van der Waals surface area contributed by atoms with Crippen molar-refractivity contribution < 1.29 is 14.3 Å². The van der Waals surface area contributed by atoms with E-state index in [-0.39, 0.29) is 11.1 Å². The summed E-state index contributed by atoms with van der Waals surface area (Å²) >= 11 is 6.16. The molecule has 1 aromatic carbocycles. The number of methoxy groups -OCH3 is 1. The molecule has 0 bridgehead atoms. The number of thiophene rings is 1. The van der Waals surface area contributed by atoms with Crippen molar-refractivity contribution >= 4 is 60.2 Å². The number of esters is 1. The van der Waals surface area contributed by atoms with Crippen LogP contribution in [-0.4, -0.2) is 18.2 Å². The summed E-state index contributed by atoms with van der Waals surface area (Å²) in [6.07, 6.45) is 0. The summed E-state index contributed by atoms with van der Waals surface area (Å²) in [6.45, 7) is 1.55. The molecule has 3 nitrogen and oxygen atoms in total. The molecule has 0 saturated heterocycles. The van der Waals surface area contributed by atoms with E-state index in [1.54, 1.807) is 6.92 Å². The highest BCUT2D eigenvalue weighted by atomic mass is 79.9. The van der Waals surface area contributed by atoms with E-state index in [2.05, 4.69) is 15.9 Å². The Kier molecular flexibility index (Phi) is 4.65. The lowest BCUT2D eigenvalue weighted by Gasteiger charge is -2.03. The number of ether oxygens (including phenoxy) is 1. The van der Waals surface area contributed by atoms with Crippen LogP contribution in [0.15, 0.2) is 22.7 Å². The van der Waals surface area contributed by atoms with Gasteiger partial charge in [0.05, 0.1) is 7.11 Å². The van der Waals surface area contributed by atoms with Crippen LogP contribution in [0, 0.1) is 0 Å². The van der Waals surface area contributed by atoms with Gasteiger partial charge in [0.2, 0.25) is 0 Å². The molecule has 0 saturated carbocycles. The maximum absolute atomic E-state index is 11.5. The Morgan fingerprint density at radius 3 is 2.74 bits per heavy atom. The van der Waals surface area contributed by atoms with Crippen molar-refractivity contribution in [3.05, 3.63) is 33.1 Å². The summed E-state index contributed by atoms with van der Waals surface area (Å²) in [7, 11) is 1.37. The van der Waals surface area contributed by atoms with Gasteiger partial charge in [-0.2, -0.15) is 0 Å². The van der Waals surface area contributed by atoms with Crippen LogP contribution in [0.2, 0.25) is 0 Å². The molecule has 6 heteroatoms. The molecule has 1 aromatic heterocycles. The lowest BCUT2D eigenvalue weighted by molar-refractivity contribution is -0.109. The summed E-state index contributed by atoms with van der Waals surface area (Å²) in [4.78, 5) is 23.1. The minimum Gasteiger partial charge on any atom is -0.465 e. The zero-order valence-corrected chi connectivity index (χ0v) is 13.6. The number of benzene rings is 1. The van der Waals surface area contributed by atoms with E-state index in [0.717, 1.165) is 20.1 Å². The van der Waals surface area contributed by atoms with Gasteiger partial charge in [0.1, 0.15) is 4.88 Å². The second kappa shape index (κ2) is 6.07. The van der Waals surface area contributed by atoms with Crippen LogP contribution in [0.1, 0.15) is 22.2 Å². The second-order valence-electron chi connectivity index (χ2n) is 3.86. The third-order valence-corrected chi connectivity index (χ3v) is 5.18. The molecular formula is C13H11BrO3S2. The first-order valence-corrected chi connectivity index (χ1v) is 8.04. The van der Waals surface area contributed by atoms with Crippen LogP contribution in [0.5, 0.6) is 0 Å². The molecule has 19 heavy (non-hydrogen) atoms. The van der Waals surface area contributed by atoms with E-state index in [9.17, 15) is 9.59 Å². The lowest BCUT2D eigenvalue weighted by Crippen LogP contribution is -1.96. The highest BCUT2D eigenvalue weighted by Crippen LogP contribution is 2.33. The highest BCUT2D eigenvalue weighted by molar-refractivity contribution is 9.10. The van der Waals surface area contributed by atoms with Gasteiger partial charge in [0.25, 0.3) is 0 Å². The number of carbonyl (C=O) groups excluding carboxylic acids is 2. The van der Waals surface area contributed by atoms with Gasteiger partial charge in [-0.1, -0.05) is 27.7 Å². The Bertz CT molecular complexity index is 649. The zero-order valence-electron chi connectivity index (χ0n) is 10.4. The third kappa shape index (κ3) is 3.38. The SMILES string of the molecule is COC(=O)c1cc2cc(CSC(C)=O)c(Br)cc2s1. The van der Waals surface area contributed by atoms with Gasteiger partial charge >= 0.3 is 5.97 Å². The number of fused-ring (bicyclic) bond motifs is 1. The van der Waals surface area contributed by atoms with Crippen molar-refractivity contribution in [2.24, 2.45) is 0 Å². The van der Waals surface area contributed by atoms with Crippen molar-refractivity contribution in [1.82, 2.24) is 0 Å². The van der Waals surface area contributed by atoms with Gasteiger partial charge in [0, 0.05) is 21.8 Å². The average molecular weight is 359 g/mol. The van der Waals surface area contributed by atoms with Crippen LogP contribution in [0.3, 0.4) is 0 Å². The predicted molar refractivity (Wildman–Crippen MR) is 82.8 cm³/mol. The zero-order chi connectivity index (χ0) is 14.0. The molecule has 0 radical (unpaired) electrons. The number of rotatable bonds is 3. The van der Waals surface area contributed by atoms with Crippen LogP contribution >= 0.6 is 39.0 Å². The fraction of sp³-hybridized carbons (Fsp3) is 0.231. The monoisotopic (exact) mass is 358 g/mol. The fourth-order valence-corrected chi connectivity index (χ4v) is 4.02. The van der Waals surface area contributed by atoms with Gasteiger partial charge in [-0.25, -0.2) is 4.79 Å². The minimum atomic E-state index is -0.322. The molecule has 0 amide bonds. The number of hydrogen-bond acceptors (Lipinski definition) is 5. The third-order valence-electron chi connectivity index (χ3n) is 2.50. The van der Waals surface area contributed by atoms with Gasteiger partial charge in [-0.15, -0.1) is 11.3 Å². The van der Waals surface area contributed by atoms with E-state index >= 15 is 0 Å². The average Bonchev–Trinajstić information content (AvgIpc) is 2.77. The Labute approximate surface area is 127 Å². The summed E-state index contributed by atoms with van der Waals surface area (Å²) in [5, 5.41) is 1.08. The molecule has 0 aliphatic rings. The molecule has 2 aromatic rings. The van der Waals surface area contributed by atoms with Crippen LogP contribution < -0.4 is 0 Å². The van der Waals surface area contributed by atoms with Gasteiger partial charge in [-0.05, 0) is 29.1 Å². The topological polar surface area (TPSA) is 43.4 Å². The summed E-state index contributed by atoms with van der Waals surface area (Å²) in [5.74, 6) is 0.298. The maximum atomic E-state index is 11.5.